The molecule has 0 heterocycles. The molecule has 1 aliphatic carbocycles. The standard InChI is InChI=1S/C19H32N4O2S/c1-3-20-18(21-14-15-23-26(24,25)4-2)22-16-19(12-8-9-13-19)17-10-6-5-7-11-17/h5-7,10-11,23H,3-4,8-9,12-16H2,1-2H3,(H2,20,21,22). The third-order valence-electron chi connectivity index (χ3n) is 4.95. The number of rotatable bonds is 9. The first-order valence-electron chi connectivity index (χ1n) is 9.56. The monoisotopic (exact) mass is 380 g/mol. The van der Waals surface area contributed by atoms with Gasteiger partial charge in [-0.1, -0.05) is 43.2 Å². The second kappa shape index (κ2) is 9.92. The van der Waals surface area contributed by atoms with Crippen molar-refractivity contribution in [1.82, 2.24) is 15.4 Å². The first kappa shape index (κ1) is 20.7. The SMILES string of the molecule is CCNC(=NCC1(c2ccccc2)CCCC1)NCCNS(=O)(=O)CC. The number of hydrogen-bond acceptors (Lipinski definition) is 3. The van der Waals surface area contributed by atoms with Crippen molar-refractivity contribution in [2.45, 2.75) is 44.9 Å². The van der Waals surface area contributed by atoms with E-state index in [1.54, 1.807) is 6.92 Å². The Balaban J connectivity index is 1.98. The molecule has 26 heavy (non-hydrogen) atoms. The van der Waals surface area contributed by atoms with Gasteiger partial charge in [-0.2, -0.15) is 0 Å². The van der Waals surface area contributed by atoms with E-state index in [-0.39, 0.29) is 11.2 Å². The lowest BCUT2D eigenvalue weighted by molar-refractivity contribution is 0.452. The Morgan fingerprint density at radius 2 is 1.77 bits per heavy atom. The fourth-order valence-electron chi connectivity index (χ4n) is 3.44. The maximum absolute atomic E-state index is 11.5. The molecule has 7 heteroatoms. The molecule has 0 atom stereocenters. The number of sulfonamides is 1. The summed E-state index contributed by atoms with van der Waals surface area (Å²) in [5.74, 6) is 0.839. The molecule has 0 saturated heterocycles. The van der Waals surface area contributed by atoms with Crippen LogP contribution in [0.4, 0.5) is 0 Å². The van der Waals surface area contributed by atoms with Gasteiger partial charge in [-0.05, 0) is 32.3 Å². The molecular weight excluding hydrogens is 348 g/mol. The van der Waals surface area contributed by atoms with Gasteiger partial charge in [0.05, 0.1) is 12.3 Å². The highest BCUT2D eigenvalue weighted by Gasteiger charge is 2.35. The van der Waals surface area contributed by atoms with Crippen molar-refractivity contribution in [2.24, 2.45) is 4.99 Å². The minimum atomic E-state index is -3.15. The first-order chi connectivity index (χ1) is 12.5. The molecule has 1 aromatic carbocycles. The summed E-state index contributed by atoms with van der Waals surface area (Å²) in [5, 5.41) is 6.47. The van der Waals surface area contributed by atoms with Crippen molar-refractivity contribution in [3.05, 3.63) is 35.9 Å². The van der Waals surface area contributed by atoms with E-state index in [1.165, 1.54) is 18.4 Å². The average Bonchev–Trinajstić information content (AvgIpc) is 3.14. The minimum absolute atomic E-state index is 0.0980. The van der Waals surface area contributed by atoms with Gasteiger partial charge in [0, 0.05) is 25.0 Å². The van der Waals surface area contributed by atoms with E-state index in [4.69, 9.17) is 4.99 Å². The normalized spacial score (nSPS) is 17.2. The molecule has 0 amide bonds. The van der Waals surface area contributed by atoms with Crippen molar-refractivity contribution >= 4 is 16.0 Å². The van der Waals surface area contributed by atoms with E-state index < -0.39 is 10.0 Å². The van der Waals surface area contributed by atoms with Gasteiger partial charge >= 0.3 is 0 Å². The lowest BCUT2D eigenvalue weighted by atomic mass is 9.79. The predicted molar refractivity (Wildman–Crippen MR) is 108 cm³/mol. The Hall–Kier alpha value is -1.60. The number of nitrogens with one attached hydrogen (secondary N) is 3. The smallest absolute Gasteiger partial charge is 0.211 e. The predicted octanol–water partition coefficient (Wildman–Crippen LogP) is 1.99. The van der Waals surface area contributed by atoms with E-state index in [0.717, 1.165) is 31.9 Å². The quantitative estimate of drug-likeness (QED) is 0.348. The van der Waals surface area contributed by atoms with Crippen LogP contribution in [0, 0.1) is 0 Å². The van der Waals surface area contributed by atoms with Gasteiger partial charge in [0.15, 0.2) is 5.96 Å². The first-order valence-corrected chi connectivity index (χ1v) is 11.2. The Morgan fingerprint density at radius 3 is 2.38 bits per heavy atom. The molecule has 1 saturated carbocycles. The lowest BCUT2D eigenvalue weighted by Gasteiger charge is -2.28. The van der Waals surface area contributed by atoms with Gasteiger partial charge in [-0.25, -0.2) is 13.1 Å². The van der Waals surface area contributed by atoms with Crippen molar-refractivity contribution in [1.29, 1.82) is 0 Å². The van der Waals surface area contributed by atoms with Gasteiger partial charge in [0.1, 0.15) is 0 Å². The lowest BCUT2D eigenvalue weighted by Crippen LogP contribution is -2.42. The molecule has 1 fully saturated rings. The third kappa shape index (κ3) is 5.99. The van der Waals surface area contributed by atoms with Crippen LogP contribution in [0.2, 0.25) is 0 Å². The zero-order valence-electron chi connectivity index (χ0n) is 15.9. The molecule has 2 rings (SSSR count). The van der Waals surface area contributed by atoms with Gasteiger partial charge in [0.2, 0.25) is 10.0 Å². The summed E-state index contributed by atoms with van der Waals surface area (Å²) < 4.78 is 25.5. The van der Waals surface area contributed by atoms with Crippen LogP contribution in [0.25, 0.3) is 0 Å². The van der Waals surface area contributed by atoms with Crippen LogP contribution in [0.1, 0.15) is 45.1 Å². The van der Waals surface area contributed by atoms with Crippen molar-refractivity contribution in [3.8, 4) is 0 Å². The van der Waals surface area contributed by atoms with Crippen molar-refractivity contribution < 1.29 is 8.42 Å². The second-order valence-corrected chi connectivity index (χ2v) is 8.87. The third-order valence-corrected chi connectivity index (χ3v) is 6.35. The highest BCUT2D eigenvalue weighted by Crippen LogP contribution is 2.41. The number of hydrogen-bond donors (Lipinski definition) is 3. The fourth-order valence-corrected chi connectivity index (χ4v) is 4.06. The van der Waals surface area contributed by atoms with Gasteiger partial charge in [-0.3, -0.25) is 4.99 Å². The summed E-state index contributed by atoms with van der Waals surface area (Å²) in [6, 6.07) is 10.7. The van der Waals surface area contributed by atoms with Crippen LogP contribution < -0.4 is 15.4 Å². The molecule has 0 unspecified atom stereocenters. The molecule has 0 bridgehead atoms. The summed E-state index contributed by atoms with van der Waals surface area (Å²) in [5.41, 5.74) is 1.49. The number of nitrogens with zero attached hydrogens (tertiary/aromatic N) is 1. The molecule has 6 nitrogen and oxygen atoms in total. The highest BCUT2D eigenvalue weighted by molar-refractivity contribution is 7.89. The van der Waals surface area contributed by atoms with Crippen LogP contribution in [-0.2, 0) is 15.4 Å². The van der Waals surface area contributed by atoms with Crippen molar-refractivity contribution in [2.75, 3.05) is 31.9 Å². The van der Waals surface area contributed by atoms with Crippen LogP contribution in [0.15, 0.2) is 35.3 Å². The van der Waals surface area contributed by atoms with E-state index in [1.807, 2.05) is 6.92 Å². The van der Waals surface area contributed by atoms with E-state index in [2.05, 4.69) is 45.7 Å². The molecule has 0 aliphatic heterocycles. The van der Waals surface area contributed by atoms with Crippen LogP contribution in [-0.4, -0.2) is 46.3 Å². The molecule has 0 spiro atoms. The Labute approximate surface area is 157 Å². The van der Waals surface area contributed by atoms with Gasteiger partial charge in [0.25, 0.3) is 0 Å². The summed E-state index contributed by atoms with van der Waals surface area (Å²) in [4.78, 5) is 4.82. The second-order valence-electron chi connectivity index (χ2n) is 6.77. The van der Waals surface area contributed by atoms with E-state index in [0.29, 0.717) is 13.1 Å². The molecular formula is C19H32N4O2S. The number of guanidine groups is 1. The number of aliphatic imine (C=N–C) groups is 1. The molecule has 1 aromatic rings. The zero-order valence-corrected chi connectivity index (χ0v) is 16.7. The Morgan fingerprint density at radius 1 is 1.08 bits per heavy atom. The van der Waals surface area contributed by atoms with Crippen LogP contribution in [0.5, 0.6) is 0 Å². The maximum atomic E-state index is 11.5. The van der Waals surface area contributed by atoms with E-state index in [9.17, 15) is 8.42 Å². The average molecular weight is 381 g/mol. The molecule has 3 N–H and O–H groups in total. The number of benzene rings is 1. The van der Waals surface area contributed by atoms with Gasteiger partial charge < -0.3 is 10.6 Å². The summed E-state index contributed by atoms with van der Waals surface area (Å²) >= 11 is 0. The highest BCUT2D eigenvalue weighted by atomic mass is 32.2. The Bertz CT molecular complexity index is 668. The maximum Gasteiger partial charge on any atom is 0.211 e. The molecule has 0 radical (unpaired) electrons. The van der Waals surface area contributed by atoms with Crippen LogP contribution >= 0.6 is 0 Å². The van der Waals surface area contributed by atoms with Crippen molar-refractivity contribution in [3.63, 3.8) is 0 Å². The summed E-state index contributed by atoms with van der Waals surface area (Å²) in [6.07, 6.45) is 4.81. The van der Waals surface area contributed by atoms with Crippen LogP contribution in [0.3, 0.4) is 0 Å². The molecule has 0 aromatic heterocycles. The summed E-state index contributed by atoms with van der Waals surface area (Å²) in [6.45, 7) is 6.02. The van der Waals surface area contributed by atoms with E-state index >= 15 is 0 Å². The molecule has 1 aliphatic rings. The van der Waals surface area contributed by atoms with Gasteiger partial charge in [-0.15, -0.1) is 0 Å². The topological polar surface area (TPSA) is 82.6 Å². The summed E-state index contributed by atoms with van der Waals surface area (Å²) in [7, 11) is -3.15. The molecule has 146 valence electrons. The fraction of sp³-hybridized carbons (Fsp3) is 0.632. The largest absolute Gasteiger partial charge is 0.357 e. The Kier molecular flexibility index (Phi) is 7.90. The minimum Gasteiger partial charge on any atom is -0.357 e. The zero-order chi connectivity index (χ0) is 18.9.